The molecule has 2 aromatic rings. The molecule has 0 spiro atoms. The van der Waals surface area contributed by atoms with Crippen LogP contribution in [0.5, 0.6) is 0 Å². The molecule has 0 aliphatic rings. The normalized spacial score (nSPS) is 10.8. The Morgan fingerprint density at radius 3 is 2.47 bits per heavy atom. The van der Waals surface area contributed by atoms with E-state index in [0.717, 1.165) is 21.8 Å². The third-order valence-electron chi connectivity index (χ3n) is 3.29. The van der Waals surface area contributed by atoms with Gasteiger partial charge in [-0.25, -0.2) is 0 Å². The van der Waals surface area contributed by atoms with Crippen molar-refractivity contribution in [3.8, 4) is 0 Å². The van der Waals surface area contributed by atoms with Gasteiger partial charge in [0.1, 0.15) is 5.03 Å². The Morgan fingerprint density at radius 1 is 1.11 bits per heavy atom. The number of aromatic nitrogens is 2. The van der Waals surface area contributed by atoms with E-state index in [-0.39, 0.29) is 0 Å². The molecule has 0 bridgehead atoms. The maximum absolute atomic E-state index is 5.86. The Kier molecular flexibility index (Phi) is 4.22. The number of nitrogens with two attached hydrogens (primary N) is 1. The number of hydrogen-bond acceptors (Lipinski definition) is 4. The van der Waals surface area contributed by atoms with E-state index in [9.17, 15) is 0 Å². The molecule has 0 aliphatic heterocycles. The summed E-state index contributed by atoms with van der Waals surface area (Å²) in [5.41, 5.74) is 11.6. The lowest BCUT2D eigenvalue weighted by molar-refractivity contribution is 0.824. The molecule has 1 aromatic heterocycles. The second-order valence-electron chi connectivity index (χ2n) is 4.77. The molecular formula is C15H19N3S. The fraction of sp³-hybridized carbons (Fsp3) is 0.333. The highest BCUT2D eigenvalue weighted by Gasteiger charge is 2.12. The summed E-state index contributed by atoms with van der Waals surface area (Å²) >= 11 is 1.64. The summed E-state index contributed by atoms with van der Waals surface area (Å²) in [4.78, 5) is 1.21. The van der Waals surface area contributed by atoms with Crippen molar-refractivity contribution >= 4 is 11.8 Å². The fourth-order valence-corrected chi connectivity index (χ4v) is 2.98. The van der Waals surface area contributed by atoms with Crippen LogP contribution in [-0.4, -0.2) is 10.2 Å². The van der Waals surface area contributed by atoms with Gasteiger partial charge in [-0.15, -0.1) is 5.10 Å². The molecule has 0 atom stereocenters. The van der Waals surface area contributed by atoms with Crippen molar-refractivity contribution < 1.29 is 0 Å². The van der Waals surface area contributed by atoms with Crippen LogP contribution in [-0.2, 0) is 6.54 Å². The summed E-state index contributed by atoms with van der Waals surface area (Å²) in [6, 6.07) is 6.43. The molecule has 0 amide bonds. The summed E-state index contributed by atoms with van der Waals surface area (Å²) in [6.45, 7) is 8.73. The van der Waals surface area contributed by atoms with E-state index in [1.54, 1.807) is 11.8 Å². The van der Waals surface area contributed by atoms with Gasteiger partial charge in [-0.05, 0) is 44.9 Å². The Labute approximate surface area is 118 Å². The first-order chi connectivity index (χ1) is 9.02. The lowest BCUT2D eigenvalue weighted by atomic mass is 10.1. The molecule has 0 saturated carbocycles. The smallest absolute Gasteiger partial charge is 0.128 e. The van der Waals surface area contributed by atoms with E-state index < -0.39 is 0 Å². The van der Waals surface area contributed by atoms with Crippen LogP contribution >= 0.6 is 11.8 Å². The lowest BCUT2D eigenvalue weighted by Crippen LogP contribution is -2.06. The molecule has 3 nitrogen and oxygen atoms in total. The van der Waals surface area contributed by atoms with Gasteiger partial charge in [0.15, 0.2) is 0 Å². The van der Waals surface area contributed by atoms with Gasteiger partial charge in [0, 0.05) is 17.0 Å². The molecule has 0 aliphatic carbocycles. The summed E-state index contributed by atoms with van der Waals surface area (Å²) in [6.07, 6.45) is 0. The number of nitrogens with zero attached hydrogens (tertiary/aromatic N) is 2. The van der Waals surface area contributed by atoms with Crippen LogP contribution < -0.4 is 5.73 Å². The van der Waals surface area contributed by atoms with Crippen molar-refractivity contribution in [2.75, 3.05) is 0 Å². The van der Waals surface area contributed by atoms with Crippen molar-refractivity contribution in [1.29, 1.82) is 0 Å². The molecule has 0 fully saturated rings. The Morgan fingerprint density at radius 2 is 1.84 bits per heavy atom. The van der Waals surface area contributed by atoms with Crippen LogP contribution in [0.1, 0.15) is 27.9 Å². The van der Waals surface area contributed by atoms with Crippen LogP contribution in [0.3, 0.4) is 0 Å². The van der Waals surface area contributed by atoms with E-state index >= 15 is 0 Å². The molecule has 4 heteroatoms. The number of rotatable bonds is 3. The first-order valence-corrected chi connectivity index (χ1v) is 7.12. The van der Waals surface area contributed by atoms with Gasteiger partial charge in [-0.1, -0.05) is 29.5 Å². The van der Waals surface area contributed by atoms with Crippen molar-refractivity contribution in [1.82, 2.24) is 10.2 Å². The molecule has 19 heavy (non-hydrogen) atoms. The Bertz CT molecular complexity index is 609. The summed E-state index contributed by atoms with van der Waals surface area (Å²) in [5, 5.41) is 9.42. The van der Waals surface area contributed by atoms with E-state index in [1.165, 1.54) is 16.0 Å². The Hall–Kier alpha value is -1.39. The minimum absolute atomic E-state index is 0.495. The number of benzene rings is 1. The average molecular weight is 273 g/mol. The zero-order valence-corrected chi connectivity index (χ0v) is 12.6. The van der Waals surface area contributed by atoms with Crippen LogP contribution in [0.15, 0.2) is 28.1 Å². The van der Waals surface area contributed by atoms with E-state index in [2.05, 4.69) is 49.2 Å². The van der Waals surface area contributed by atoms with E-state index in [1.807, 2.05) is 6.92 Å². The van der Waals surface area contributed by atoms with Crippen molar-refractivity contribution in [3.63, 3.8) is 0 Å². The molecule has 100 valence electrons. The average Bonchev–Trinajstić information content (AvgIpc) is 2.37. The highest BCUT2D eigenvalue weighted by Crippen LogP contribution is 2.32. The van der Waals surface area contributed by atoms with Gasteiger partial charge < -0.3 is 5.73 Å². The molecule has 2 N–H and O–H groups in total. The monoisotopic (exact) mass is 273 g/mol. The summed E-state index contributed by atoms with van der Waals surface area (Å²) < 4.78 is 0. The first-order valence-electron chi connectivity index (χ1n) is 6.31. The van der Waals surface area contributed by atoms with Gasteiger partial charge in [-0.2, -0.15) is 5.10 Å². The Balaban J connectivity index is 2.41. The standard InChI is InChI=1S/C15H19N3S/c1-9-5-6-14(10(2)7-9)19-15-13(8-16)11(3)12(4)17-18-15/h5-7H,8,16H2,1-4H3. The maximum atomic E-state index is 5.86. The lowest BCUT2D eigenvalue weighted by Gasteiger charge is -2.12. The first kappa shape index (κ1) is 14.0. The van der Waals surface area contributed by atoms with Crippen LogP contribution in [0, 0.1) is 27.7 Å². The maximum Gasteiger partial charge on any atom is 0.128 e. The topological polar surface area (TPSA) is 51.8 Å². The molecule has 0 saturated heterocycles. The van der Waals surface area contributed by atoms with Crippen molar-refractivity contribution in [3.05, 3.63) is 46.1 Å². The van der Waals surface area contributed by atoms with Gasteiger partial charge in [0.05, 0.1) is 5.69 Å². The molecule has 2 rings (SSSR count). The molecule has 1 heterocycles. The zero-order chi connectivity index (χ0) is 14.0. The van der Waals surface area contributed by atoms with Gasteiger partial charge in [0.25, 0.3) is 0 Å². The summed E-state index contributed by atoms with van der Waals surface area (Å²) in [5.74, 6) is 0. The third-order valence-corrected chi connectivity index (χ3v) is 4.48. The largest absolute Gasteiger partial charge is 0.326 e. The van der Waals surface area contributed by atoms with Gasteiger partial charge in [0.2, 0.25) is 0 Å². The van der Waals surface area contributed by atoms with Crippen LogP contribution in [0.2, 0.25) is 0 Å². The second kappa shape index (κ2) is 5.72. The molecular weight excluding hydrogens is 254 g/mol. The molecule has 0 unspecified atom stereocenters. The summed E-state index contributed by atoms with van der Waals surface area (Å²) in [7, 11) is 0. The third kappa shape index (κ3) is 2.96. The zero-order valence-electron chi connectivity index (χ0n) is 11.8. The van der Waals surface area contributed by atoms with E-state index in [4.69, 9.17) is 5.73 Å². The minimum atomic E-state index is 0.495. The van der Waals surface area contributed by atoms with E-state index in [0.29, 0.717) is 6.54 Å². The predicted octanol–water partition coefficient (Wildman–Crippen LogP) is 3.32. The second-order valence-corrected chi connectivity index (χ2v) is 5.80. The van der Waals surface area contributed by atoms with Gasteiger partial charge >= 0.3 is 0 Å². The van der Waals surface area contributed by atoms with Crippen LogP contribution in [0.4, 0.5) is 0 Å². The number of aryl methyl sites for hydroxylation is 3. The van der Waals surface area contributed by atoms with Crippen molar-refractivity contribution in [2.24, 2.45) is 5.73 Å². The highest BCUT2D eigenvalue weighted by molar-refractivity contribution is 7.99. The quantitative estimate of drug-likeness (QED) is 0.932. The minimum Gasteiger partial charge on any atom is -0.326 e. The SMILES string of the molecule is Cc1ccc(Sc2nnc(C)c(C)c2CN)c(C)c1. The predicted molar refractivity (Wildman–Crippen MR) is 79.4 cm³/mol. The number of hydrogen-bond donors (Lipinski definition) is 1. The van der Waals surface area contributed by atoms with Gasteiger partial charge in [-0.3, -0.25) is 0 Å². The fourth-order valence-electron chi connectivity index (χ4n) is 1.97. The van der Waals surface area contributed by atoms with Crippen molar-refractivity contribution in [2.45, 2.75) is 44.2 Å². The highest BCUT2D eigenvalue weighted by atomic mass is 32.2. The van der Waals surface area contributed by atoms with Crippen LogP contribution in [0.25, 0.3) is 0 Å². The molecule has 0 radical (unpaired) electrons. The molecule has 1 aromatic carbocycles.